The van der Waals surface area contributed by atoms with Crippen molar-refractivity contribution in [3.8, 4) is 11.3 Å². The van der Waals surface area contributed by atoms with Crippen LogP contribution in [0.15, 0.2) is 43.0 Å². The molecule has 7 heteroatoms. The average molecular weight is 337 g/mol. The Morgan fingerprint density at radius 3 is 2.72 bits per heavy atom. The Labute approximate surface area is 147 Å². The summed E-state index contributed by atoms with van der Waals surface area (Å²) < 4.78 is 3.73. The first-order valence-electron chi connectivity index (χ1n) is 8.60. The van der Waals surface area contributed by atoms with E-state index in [1.807, 2.05) is 54.2 Å². The van der Waals surface area contributed by atoms with Gasteiger partial charge in [0.25, 0.3) is 0 Å². The van der Waals surface area contributed by atoms with Gasteiger partial charge in [0.15, 0.2) is 5.82 Å². The van der Waals surface area contributed by atoms with Crippen molar-refractivity contribution in [2.45, 2.75) is 19.0 Å². The van der Waals surface area contributed by atoms with Crippen LogP contribution in [0.1, 0.15) is 12.0 Å². The fourth-order valence-corrected chi connectivity index (χ4v) is 3.38. The molecule has 0 spiro atoms. The molecule has 0 amide bonds. The van der Waals surface area contributed by atoms with Crippen molar-refractivity contribution in [1.29, 1.82) is 0 Å². The summed E-state index contributed by atoms with van der Waals surface area (Å²) in [5.41, 5.74) is 3.34. The molecule has 1 atom stereocenters. The lowest BCUT2D eigenvalue weighted by Gasteiger charge is -2.16. The van der Waals surface area contributed by atoms with Crippen molar-refractivity contribution in [3.05, 3.63) is 48.5 Å². The Morgan fingerprint density at radius 2 is 1.96 bits per heavy atom. The summed E-state index contributed by atoms with van der Waals surface area (Å²) in [4.78, 5) is 6.43. The van der Waals surface area contributed by atoms with Gasteiger partial charge in [-0.05, 0) is 18.6 Å². The molecule has 1 fully saturated rings. The highest BCUT2D eigenvalue weighted by Crippen LogP contribution is 2.22. The first kappa shape index (κ1) is 15.8. The third-order valence-corrected chi connectivity index (χ3v) is 4.65. The van der Waals surface area contributed by atoms with Crippen molar-refractivity contribution in [1.82, 2.24) is 29.9 Å². The van der Waals surface area contributed by atoms with E-state index in [4.69, 9.17) is 0 Å². The minimum Gasteiger partial charge on any atom is -0.354 e. The molecule has 1 aliphatic heterocycles. The second-order valence-corrected chi connectivity index (χ2v) is 6.57. The van der Waals surface area contributed by atoms with Crippen LogP contribution in [0.2, 0.25) is 0 Å². The number of hydrogen-bond acceptors (Lipinski definition) is 5. The van der Waals surface area contributed by atoms with Gasteiger partial charge < -0.3 is 10.2 Å². The van der Waals surface area contributed by atoms with E-state index < -0.39 is 0 Å². The van der Waals surface area contributed by atoms with Crippen molar-refractivity contribution >= 4 is 5.82 Å². The van der Waals surface area contributed by atoms with E-state index in [0.29, 0.717) is 6.04 Å². The topological polar surface area (TPSA) is 63.8 Å². The lowest BCUT2D eigenvalue weighted by molar-refractivity contribution is 0.551. The molecule has 0 aromatic carbocycles. The second-order valence-electron chi connectivity index (χ2n) is 6.57. The van der Waals surface area contributed by atoms with E-state index in [1.54, 1.807) is 0 Å². The number of nitrogens with zero attached hydrogens (tertiary/aromatic N) is 6. The predicted molar refractivity (Wildman–Crippen MR) is 97.1 cm³/mol. The van der Waals surface area contributed by atoms with Gasteiger partial charge in [0.2, 0.25) is 0 Å². The summed E-state index contributed by atoms with van der Waals surface area (Å²) in [5, 5.41) is 12.8. The zero-order valence-electron chi connectivity index (χ0n) is 14.6. The van der Waals surface area contributed by atoms with Crippen LogP contribution in [0.5, 0.6) is 0 Å². The molecule has 1 aliphatic rings. The molecule has 0 radical (unpaired) electrons. The van der Waals surface area contributed by atoms with Crippen LogP contribution in [-0.4, -0.2) is 43.7 Å². The molecular formula is C18H23N7. The monoisotopic (exact) mass is 337 g/mol. The zero-order valence-corrected chi connectivity index (χ0v) is 14.6. The van der Waals surface area contributed by atoms with Gasteiger partial charge in [0.1, 0.15) is 0 Å². The maximum absolute atomic E-state index is 4.62. The highest BCUT2D eigenvalue weighted by Gasteiger charge is 2.24. The number of rotatable bonds is 5. The van der Waals surface area contributed by atoms with Crippen LogP contribution in [0.3, 0.4) is 0 Å². The van der Waals surface area contributed by atoms with Gasteiger partial charge in [-0.1, -0.05) is 0 Å². The maximum Gasteiger partial charge on any atom is 0.150 e. The maximum atomic E-state index is 4.62. The number of nitrogens with one attached hydrogen (secondary N) is 1. The molecule has 25 heavy (non-hydrogen) atoms. The van der Waals surface area contributed by atoms with Gasteiger partial charge in [0.05, 0.1) is 5.69 Å². The molecular weight excluding hydrogens is 314 g/mol. The third kappa shape index (κ3) is 3.41. The van der Waals surface area contributed by atoms with E-state index in [0.717, 1.165) is 43.1 Å². The average Bonchev–Trinajstić information content (AvgIpc) is 3.33. The number of pyridine rings is 1. The van der Waals surface area contributed by atoms with Crippen LogP contribution in [0.25, 0.3) is 11.3 Å². The van der Waals surface area contributed by atoms with Crippen LogP contribution < -0.4 is 10.2 Å². The molecule has 3 aromatic heterocycles. The summed E-state index contributed by atoms with van der Waals surface area (Å²) in [6, 6.07) is 6.55. The molecule has 130 valence electrons. The molecule has 0 aliphatic carbocycles. The minimum atomic E-state index is 0.465. The fraction of sp³-hybridized carbons (Fsp3) is 0.389. The highest BCUT2D eigenvalue weighted by molar-refractivity contribution is 5.61. The summed E-state index contributed by atoms with van der Waals surface area (Å²) in [6.07, 6.45) is 8.83. The number of hydrogen-bond donors (Lipinski definition) is 1. The summed E-state index contributed by atoms with van der Waals surface area (Å²) >= 11 is 0. The van der Waals surface area contributed by atoms with E-state index in [9.17, 15) is 0 Å². The van der Waals surface area contributed by atoms with Crippen LogP contribution in [-0.2, 0) is 20.6 Å². The Balaban J connectivity index is 1.41. The second kappa shape index (κ2) is 6.68. The molecule has 4 rings (SSSR count). The van der Waals surface area contributed by atoms with Crippen molar-refractivity contribution in [2.24, 2.45) is 14.1 Å². The molecule has 1 saturated heterocycles. The van der Waals surface area contributed by atoms with Crippen LogP contribution in [0.4, 0.5) is 5.82 Å². The highest BCUT2D eigenvalue weighted by atomic mass is 15.3. The van der Waals surface area contributed by atoms with Gasteiger partial charge in [-0.15, -0.1) is 0 Å². The molecule has 1 unspecified atom stereocenters. The summed E-state index contributed by atoms with van der Waals surface area (Å²) in [5.74, 6) is 1.06. The van der Waals surface area contributed by atoms with Crippen LogP contribution in [0, 0.1) is 0 Å². The quantitative estimate of drug-likeness (QED) is 0.766. The molecule has 3 aromatic rings. The lowest BCUT2D eigenvalue weighted by Crippen LogP contribution is -2.32. The Morgan fingerprint density at radius 1 is 1.12 bits per heavy atom. The van der Waals surface area contributed by atoms with E-state index in [2.05, 4.69) is 37.7 Å². The van der Waals surface area contributed by atoms with Crippen molar-refractivity contribution < 1.29 is 0 Å². The molecule has 0 bridgehead atoms. The smallest absolute Gasteiger partial charge is 0.150 e. The van der Waals surface area contributed by atoms with Gasteiger partial charge in [0, 0.05) is 81.8 Å². The molecule has 0 saturated carbocycles. The van der Waals surface area contributed by atoms with E-state index in [1.165, 1.54) is 5.56 Å². The fourth-order valence-electron chi connectivity index (χ4n) is 3.38. The lowest BCUT2D eigenvalue weighted by atomic mass is 10.1. The Bertz CT molecular complexity index is 836. The van der Waals surface area contributed by atoms with Gasteiger partial charge >= 0.3 is 0 Å². The molecule has 1 N–H and O–H groups in total. The largest absolute Gasteiger partial charge is 0.354 e. The first-order chi connectivity index (χ1) is 12.2. The Hall–Kier alpha value is -2.67. The number of aryl methyl sites for hydroxylation is 2. The van der Waals surface area contributed by atoms with Crippen molar-refractivity contribution in [2.75, 3.05) is 18.0 Å². The molecule has 7 nitrogen and oxygen atoms in total. The Kier molecular flexibility index (Phi) is 4.23. The zero-order chi connectivity index (χ0) is 17.2. The van der Waals surface area contributed by atoms with Gasteiger partial charge in [-0.2, -0.15) is 10.2 Å². The van der Waals surface area contributed by atoms with E-state index in [-0.39, 0.29) is 0 Å². The standard InChI is InChI=1S/C18H23N7/c1-23-9-6-17(21-23)25-10-5-16(13-25)20-11-15-12-24(2)22-18(15)14-3-7-19-8-4-14/h3-4,6-9,12,16,20H,5,10-11,13H2,1-2H3. The number of aromatic nitrogens is 5. The summed E-state index contributed by atoms with van der Waals surface area (Å²) in [7, 11) is 3.92. The molecule has 4 heterocycles. The predicted octanol–water partition coefficient (Wildman–Crippen LogP) is 1.58. The van der Waals surface area contributed by atoms with Gasteiger partial charge in [-0.3, -0.25) is 14.3 Å². The van der Waals surface area contributed by atoms with Crippen molar-refractivity contribution in [3.63, 3.8) is 0 Å². The SMILES string of the molecule is Cn1ccc(N2CCC(NCc3cn(C)nc3-c3ccncc3)C2)n1. The summed E-state index contributed by atoms with van der Waals surface area (Å²) in [6.45, 7) is 2.84. The number of anilines is 1. The van der Waals surface area contributed by atoms with Gasteiger partial charge in [-0.25, -0.2) is 0 Å². The van der Waals surface area contributed by atoms with E-state index >= 15 is 0 Å². The normalized spacial score (nSPS) is 17.4. The van der Waals surface area contributed by atoms with Crippen LogP contribution >= 0.6 is 0 Å². The minimum absolute atomic E-state index is 0.465. The first-order valence-corrected chi connectivity index (χ1v) is 8.60. The third-order valence-electron chi connectivity index (χ3n) is 4.65.